The molecule has 0 aromatic heterocycles. The first kappa shape index (κ1) is 9.80. The fraction of sp³-hybridized carbons (Fsp3) is 0.857. The summed E-state index contributed by atoms with van der Waals surface area (Å²) in [7, 11) is 1.58. The second kappa shape index (κ2) is 4.09. The maximum absolute atomic E-state index is 10.7. The first-order chi connectivity index (χ1) is 5.65. The number of hydrogen-bond acceptors (Lipinski definition) is 2. The van der Waals surface area contributed by atoms with Crippen LogP contribution in [-0.4, -0.2) is 47.2 Å². The van der Waals surface area contributed by atoms with Crippen molar-refractivity contribution in [2.45, 2.75) is 17.3 Å². The Bertz CT molecular complexity index is 176. The summed E-state index contributed by atoms with van der Waals surface area (Å²) < 4.78 is 4.93. The van der Waals surface area contributed by atoms with Gasteiger partial charge in [0.2, 0.25) is 0 Å². The monoisotopic (exact) mass is 237 g/mol. The summed E-state index contributed by atoms with van der Waals surface area (Å²) >= 11 is 3.40. The molecule has 12 heavy (non-hydrogen) atoms. The molecule has 0 aliphatic carbocycles. The van der Waals surface area contributed by atoms with Crippen molar-refractivity contribution in [1.82, 2.24) is 4.90 Å². The molecule has 0 aromatic rings. The van der Waals surface area contributed by atoms with Gasteiger partial charge in [-0.3, -0.25) is 0 Å². The maximum atomic E-state index is 10.7. The highest BCUT2D eigenvalue weighted by atomic mass is 79.9. The number of methoxy groups -OCH3 is 1. The van der Waals surface area contributed by atoms with Crippen LogP contribution in [0.1, 0.15) is 6.42 Å². The van der Waals surface area contributed by atoms with Gasteiger partial charge in [-0.2, -0.15) is 0 Å². The van der Waals surface area contributed by atoms with Crippen LogP contribution in [0.5, 0.6) is 0 Å². The topological polar surface area (TPSA) is 49.8 Å². The van der Waals surface area contributed by atoms with Gasteiger partial charge in [-0.25, -0.2) is 4.79 Å². The SMILES string of the molecule is COCC1CC(Br)CN1C(=O)O. The highest BCUT2D eigenvalue weighted by molar-refractivity contribution is 9.09. The average molecular weight is 238 g/mol. The number of likely N-dealkylation sites (tertiary alicyclic amines) is 1. The fourth-order valence-electron chi connectivity index (χ4n) is 1.44. The number of carbonyl (C=O) groups is 1. The number of nitrogens with zero attached hydrogens (tertiary/aromatic N) is 1. The second-order valence-electron chi connectivity index (χ2n) is 2.88. The minimum absolute atomic E-state index is 0.0110. The van der Waals surface area contributed by atoms with Gasteiger partial charge in [-0.05, 0) is 6.42 Å². The van der Waals surface area contributed by atoms with Crippen LogP contribution in [0.4, 0.5) is 4.79 Å². The predicted molar refractivity (Wildman–Crippen MR) is 47.7 cm³/mol. The molecule has 0 aromatic carbocycles. The van der Waals surface area contributed by atoms with Gasteiger partial charge >= 0.3 is 6.09 Å². The molecule has 5 heteroatoms. The Morgan fingerprint density at radius 2 is 2.50 bits per heavy atom. The molecule has 1 N–H and O–H groups in total. The van der Waals surface area contributed by atoms with Gasteiger partial charge in [0.15, 0.2) is 0 Å². The van der Waals surface area contributed by atoms with Crippen molar-refractivity contribution in [3.8, 4) is 0 Å². The van der Waals surface area contributed by atoms with E-state index in [1.165, 1.54) is 4.90 Å². The van der Waals surface area contributed by atoms with Crippen LogP contribution in [0.25, 0.3) is 0 Å². The molecule has 1 aliphatic heterocycles. The van der Waals surface area contributed by atoms with Crippen LogP contribution in [0, 0.1) is 0 Å². The molecule has 1 heterocycles. The van der Waals surface area contributed by atoms with E-state index in [-0.39, 0.29) is 10.9 Å². The molecule has 0 saturated carbocycles. The number of halogens is 1. The zero-order valence-electron chi connectivity index (χ0n) is 6.86. The van der Waals surface area contributed by atoms with E-state index in [1.54, 1.807) is 7.11 Å². The molecule has 1 rings (SSSR count). The van der Waals surface area contributed by atoms with Gasteiger partial charge in [0.1, 0.15) is 0 Å². The van der Waals surface area contributed by atoms with Gasteiger partial charge < -0.3 is 14.7 Å². The second-order valence-corrected chi connectivity index (χ2v) is 4.17. The van der Waals surface area contributed by atoms with Crippen molar-refractivity contribution in [3.63, 3.8) is 0 Å². The minimum Gasteiger partial charge on any atom is -0.465 e. The van der Waals surface area contributed by atoms with Crippen molar-refractivity contribution < 1.29 is 14.6 Å². The van der Waals surface area contributed by atoms with E-state index >= 15 is 0 Å². The summed E-state index contributed by atoms with van der Waals surface area (Å²) in [5, 5.41) is 8.78. The molecule has 0 spiro atoms. The zero-order valence-corrected chi connectivity index (χ0v) is 8.45. The molecule has 0 bridgehead atoms. The number of rotatable bonds is 2. The van der Waals surface area contributed by atoms with E-state index in [9.17, 15) is 4.79 Å². The number of alkyl halides is 1. The van der Waals surface area contributed by atoms with Crippen molar-refractivity contribution in [3.05, 3.63) is 0 Å². The van der Waals surface area contributed by atoms with E-state index in [2.05, 4.69) is 15.9 Å². The Balaban J connectivity index is 2.53. The van der Waals surface area contributed by atoms with E-state index < -0.39 is 6.09 Å². The molecule has 1 fully saturated rings. The number of ether oxygens (including phenoxy) is 1. The fourth-order valence-corrected chi connectivity index (χ4v) is 2.19. The lowest BCUT2D eigenvalue weighted by atomic mass is 10.2. The lowest BCUT2D eigenvalue weighted by molar-refractivity contribution is 0.0991. The van der Waals surface area contributed by atoms with E-state index in [0.717, 1.165) is 6.42 Å². The summed E-state index contributed by atoms with van der Waals surface area (Å²) in [4.78, 5) is 12.4. The van der Waals surface area contributed by atoms with E-state index in [4.69, 9.17) is 9.84 Å². The van der Waals surface area contributed by atoms with Crippen molar-refractivity contribution in [2.24, 2.45) is 0 Å². The van der Waals surface area contributed by atoms with Crippen LogP contribution in [0.2, 0.25) is 0 Å². The van der Waals surface area contributed by atoms with Gasteiger partial charge in [0.05, 0.1) is 12.6 Å². The molecular formula is C7H12BrNO3. The summed E-state index contributed by atoms with van der Waals surface area (Å²) in [5.74, 6) is 0. The molecule has 1 amide bonds. The third-order valence-electron chi connectivity index (χ3n) is 1.97. The highest BCUT2D eigenvalue weighted by Crippen LogP contribution is 2.23. The van der Waals surface area contributed by atoms with Crippen LogP contribution in [0.3, 0.4) is 0 Å². The van der Waals surface area contributed by atoms with Crippen molar-refractivity contribution >= 4 is 22.0 Å². The Hall–Kier alpha value is -0.290. The Kier molecular flexibility index (Phi) is 3.34. The van der Waals surface area contributed by atoms with Gasteiger partial charge in [-0.1, -0.05) is 15.9 Å². The van der Waals surface area contributed by atoms with Gasteiger partial charge in [0.25, 0.3) is 0 Å². The third kappa shape index (κ3) is 2.10. The molecular weight excluding hydrogens is 226 g/mol. The van der Waals surface area contributed by atoms with Crippen LogP contribution < -0.4 is 0 Å². The summed E-state index contributed by atoms with van der Waals surface area (Å²) in [6, 6.07) is 0.0110. The van der Waals surface area contributed by atoms with Crippen molar-refractivity contribution in [1.29, 1.82) is 0 Å². The van der Waals surface area contributed by atoms with Crippen molar-refractivity contribution in [2.75, 3.05) is 20.3 Å². The van der Waals surface area contributed by atoms with Crippen LogP contribution in [0.15, 0.2) is 0 Å². The number of hydrogen-bond donors (Lipinski definition) is 1. The first-order valence-electron chi connectivity index (χ1n) is 3.77. The van der Waals surface area contributed by atoms with Crippen LogP contribution in [-0.2, 0) is 4.74 Å². The molecule has 0 radical (unpaired) electrons. The standard InChI is InChI=1S/C7H12BrNO3/c1-12-4-6-2-5(8)3-9(6)7(10)11/h5-6H,2-4H2,1H3,(H,10,11). The molecule has 2 unspecified atom stereocenters. The third-order valence-corrected chi connectivity index (χ3v) is 2.63. The Labute approximate surface area is 79.6 Å². The highest BCUT2D eigenvalue weighted by Gasteiger charge is 2.33. The zero-order chi connectivity index (χ0) is 9.14. The molecule has 1 aliphatic rings. The van der Waals surface area contributed by atoms with Gasteiger partial charge in [-0.15, -0.1) is 0 Å². The predicted octanol–water partition coefficient (Wildman–Crippen LogP) is 1.15. The average Bonchev–Trinajstić information content (AvgIpc) is 2.32. The molecule has 1 saturated heterocycles. The first-order valence-corrected chi connectivity index (χ1v) is 4.69. The quantitative estimate of drug-likeness (QED) is 0.734. The van der Waals surface area contributed by atoms with E-state index in [0.29, 0.717) is 13.2 Å². The summed E-state index contributed by atoms with van der Waals surface area (Å²) in [5.41, 5.74) is 0. The van der Waals surface area contributed by atoms with Crippen LogP contribution >= 0.6 is 15.9 Å². The minimum atomic E-state index is -0.862. The molecule has 70 valence electrons. The Morgan fingerprint density at radius 3 is 3.00 bits per heavy atom. The van der Waals surface area contributed by atoms with Gasteiger partial charge in [0, 0.05) is 18.5 Å². The number of carboxylic acid groups (broad SMARTS) is 1. The maximum Gasteiger partial charge on any atom is 0.407 e. The Morgan fingerprint density at radius 1 is 1.83 bits per heavy atom. The molecule has 2 atom stereocenters. The molecule has 4 nitrogen and oxygen atoms in total. The number of amides is 1. The lowest BCUT2D eigenvalue weighted by Crippen LogP contribution is -2.37. The normalized spacial score (nSPS) is 29.3. The van der Waals surface area contributed by atoms with E-state index in [1.807, 2.05) is 0 Å². The smallest absolute Gasteiger partial charge is 0.407 e. The summed E-state index contributed by atoms with van der Waals surface area (Å²) in [6.07, 6.45) is -0.0286. The largest absolute Gasteiger partial charge is 0.465 e. The lowest BCUT2D eigenvalue weighted by Gasteiger charge is -2.19. The summed E-state index contributed by atoms with van der Waals surface area (Å²) in [6.45, 7) is 1.04.